The van der Waals surface area contributed by atoms with Crippen LogP contribution in [0.3, 0.4) is 0 Å². The third-order valence-corrected chi connectivity index (χ3v) is 9.57. The van der Waals surface area contributed by atoms with Crippen LogP contribution in [0.5, 0.6) is 0 Å². The molecular weight excluding hydrogens is 749 g/mol. The quantitative estimate of drug-likeness (QED) is 0.0829. The van der Waals surface area contributed by atoms with Crippen molar-refractivity contribution in [1.29, 1.82) is 0 Å². The minimum Gasteiger partial charge on any atom is -0.382 e. The number of aliphatic hydroxyl groups is 2. The van der Waals surface area contributed by atoms with E-state index in [0.29, 0.717) is 35.1 Å². The highest BCUT2D eigenvalue weighted by molar-refractivity contribution is 6.02. The molecule has 2 atom stereocenters. The molecule has 59 heavy (non-hydrogen) atoms. The van der Waals surface area contributed by atoms with E-state index >= 15 is 0 Å². The summed E-state index contributed by atoms with van der Waals surface area (Å²) in [7, 11) is 2.88. The number of carbonyl (C=O) groups is 4. The predicted molar refractivity (Wildman–Crippen MR) is 231 cm³/mol. The molecule has 5 rings (SSSR count). The molecule has 0 bridgehead atoms. The first kappa shape index (κ1) is 50.5. The van der Waals surface area contributed by atoms with Crippen molar-refractivity contribution in [2.75, 3.05) is 14.2 Å². The Bertz CT molecular complexity index is 1770. The Kier molecular flexibility index (Phi) is 22.6. The Morgan fingerprint density at radius 1 is 0.576 bits per heavy atom. The number of ether oxygens (including phenoxy) is 4. The molecule has 0 spiro atoms. The van der Waals surface area contributed by atoms with Crippen molar-refractivity contribution < 1.29 is 48.3 Å². The smallest absolute Gasteiger partial charge is 0.223 e. The Balaban J connectivity index is 0.000000275. The Labute approximate surface area is 350 Å². The van der Waals surface area contributed by atoms with Crippen LogP contribution < -0.4 is 0 Å². The second-order valence-corrected chi connectivity index (χ2v) is 14.8. The fourth-order valence-electron chi connectivity index (χ4n) is 5.72. The van der Waals surface area contributed by atoms with Gasteiger partial charge >= 0.3 is 0 Å². The van der Waals surface area contributed by atoms with Gasteiger partial charge in [0.15, 0.2) is 11.6 Å². The molecule has 0 radical (unpaired) electrons. The van der Waals surface area contributed by atoms with Crippen molar-refractivity contribution in [3.63, 3.8) is 0 Å². The molecule has 10 heteroatoms. The van der Waals surface area contributed by atoms with E-state index in [1.54, 1.807) is 72.8 Å². The minimum atomic E-state index is -1.28. The molecule has 0 aliphatic heterocycles. The van der Waals surface area contributed by atoms with E-state index in [4.69, 9.17) is 18.9 Å². The standard InChI is InChI=1S/C16H24O3.C13H16O2.C10H12O3.C10H12O2/c1-5-12(3)18-16(19-13(4)6-2)15(17)14-10-8-7-9-11-14;14-12(11-7-3-1-4-8-11)13(15)9-5-2-6-10-13;1-12-10(13-2)9(11)8-6-4-3-5-7-8;1-10(2,12)9(11)8-6-4-3-5-7-8/h7-13,16H,5-6H2,1-4H3;1,3-4,7-8,15H,2,5-6,9-10H2;3-7,10H,1-2H3;3-7,12H,1-2H3. The summed E-state index contributed by atoms with van der Waals surface area (Å²) in [6.07, 6.45) is 4.35. The third kappa shape index (κ3) is 17.6. The van der Waals surface area contributed by atoms with Gasteiger partial charge in [-0.25, -0.2) is 0 Å². The van der Waals surface area contributed by atoms with Crippen molar-refractivity contribution in [3.8, 4) is 0 Å². The van der Waals surface area contributed by atoms with Crippen molar-refractivity contribution in [2.24, 2.45) is 0 Å². The van der Waals surface area contributed by atoms with Gasteiger partial charge in [0.2, 0.25) is 24.1 Å². The number of benzene rings is 4. The van der Waals surface area contributed by atoms with E-state index in [-0.39, 0.29) is 35.3 Å². The van der Waals surface area contributed by atoms with Gasteiger partial charge in [-0.15, -0.1) is 0 Å². The fourth-order valence-corrected chi connectivity index (χ4v) is 5.72. The lowest BCUT2D eigenvalue weighted by molar-refractivity contribution is -0.161. The number of methoxy groups -OCH3 is 2. The van der Waals surface area contributed by atoms with E-state index < -0.39 is 23.8 Å². The van der Waals surface area contributed by atoms with Gasteiger partial charge in [0.05, 0.1) is 12.2 Å². The zero-order valence-corrected chi connectivity index (χ0v) is 36.0. The molecule has 1 saturated carbocycles. The maximum absolute atomic E-state index is 12.4. The van der Waals surface area contributed by atoms with Gasteiger partial charge in [-0.1, -0.05) is 154 Å². The van der Waals surface area contributed by atoms with Crippen molar-refractivity contribution >= 4 is 23.1 Å². The molecule has 0 saturated heterocycles. The number of rotatable bonds is 16. The summed E-state index contributed by atoms with van der Waals surface area (Å²) in [6, 6.07) is 35.9. The zero-order valence-electron chi connectivity index (χ0n) is 36.0. The van der Waals surface area contributed by atoms with Gasteiger partial charge < -0.3 is 29.2 Å². The number of carbonyl (C=O) groups excluding carboxylic acids is 4. The van der Waals surface area contributed by atoms with Gasteiger partial charge in [-0.05, 0) is 53.4 Å². The molecule has 0 heterocycles. The van der Waals surface area contributed by atoms with Gasteiger partial charge in [-0.3, -0.25) is 19.2 Å². The van der Waals surface area contributed by atoms with Crippen molar-refractivity contribution in [1.82, 2.24) is 0 Å². The van der Waals surface area contributed by atoms with Crippen LogP contribution in [-0.2, 0) is 18.9 Å². The summed E-state index contributed by atoms with van der Waals surface area (Å²) in [4.78, 5) is 47.4. The lowest BCUT2D eigenvalue weighted by Crippen LogP contribution is -2.40. The summed E-state index contributed by atoms with van der Waals surface area (Å²) in [5.41, 5.74) is 0.0169. The predicted octanol–water partition coefficient (Wildman–Crippen LogP) is 9.52. The Morgan fingerprint density at radius 2 is 0.915 bits per heavy atom. The molecule has 0 aromatic heterocycles. The van der Waals surface area contributed by atoms with Crippen molar-refractivity contribution in [3.05, 3.63) is 144 Å². The monoisotopic (exact) mass is 812 g/mol. The fraction of sp³-hybridized carbons (Fsp3) is 0.429. The molecule has 2 N–H and O–H groups in total. The normalized spacial score (nSPS) is 14.7. The van der Waals surface area contributed by atoms with Crippen LogP contribution in [-0.4, -0.2) is 83.6 Å². The summed E-state index contributed by atoms with van der Waals surface area (Å²) in [6.45, 7) is 10.9. The van der Waals surface area contributed by atoms with E-state index in [0.717, 1.165) is 32.1 Å². The van der Waals surface area contributed by atoms with Crippen LogP contribution in [0.25, 0.3) is 0 Å². The third-order valence-electron chi connectivity index (χ3n) is 9.57. The number of hydrogen-bond acceptors (Lipinski definition) is 10. The summed E-state index contributed by atoms with van der Waals surface area (Å²) in [5.74, 6) is -0.627. The highest BCUT2D eigenvalue weighted by atomic mass is 16.7. The van der Waals surface area contributed by atoms with E-state index in [1.165, 1.54) is 28.1 Å². The number of ketones is 4. The largest absolute Gasteiger partial charge is 0.382 e. The highest BCUT2D eigenvalue weighted by Gasteiger charge is 2.37. The summed E-state index contributed by atoms with van der Waals surface area (Å²) >= 11 is 0. The average molecular weight is 813 g/mol. The van der Waals surface area contributed by atoms with E-state index in [1.807, 2.05) is 76.2 Å². The highest BCUT2D eigenvalue weighted by Crippen LogP contribution is 2.31. The molecular formula is C49H64O10. The average Bonchev–Trinajstić information content (AvgIpc) is 3.27. The number of hydrogen-bond donors (Lipinski definition) is 2. The lowest BCUT2D eigenvalue weighted by Gasteiger charge is -2.30. The molecule has 2 unspecified atom stereocenters. The van der Waals surface area contributed by atoms with Gasteiger partial charge in [0.25, 0.3) is 0 Å². The van der Waals surface area contributed by atoms with Crippen molar-refractivity contribution in [2.45, 2.75) is 122 Å². The number of Topliss-reactive ketones (excluding diaryl/α,β-unsaturated/α-hetero) is 4. The summed E-state index contributed by atoms with van der Waals surface area (Å²) < 4.78 is 21.1. The Morgan fingerprint density at radius 3 is 1.25 bits per heavy atom. The zero-order chi connectivity index (χ0) is 43.8. The molecule has 1 aliphatic carbocycles. The van der Waals surface area contributed by atoms with Gasteiger partial charge in [0, 0.05) is 36.5 Å². The molecule has 0 amide bonds. The lowest BCUT2D eigenvalue weighted by atomic mass is 9.79. The molecule has 4 aromatic carbocycles. The molecule has 1 aliphatic rings. The topological polar surface area (TPSA) is 146 Å². The van der Waals surface area contributed by atoms with Crippen LogP contribution in [0.15, 0.2) is 121 Å². The van der Waals surface area contributed by atoms with Crippen LogP contribution >= 0.6 is 0 Å². The molecule has 4 aromatic rings. The van der Waals surface area contributed by atoms with Crippen LogP contribution in [0.4, 0.5) is 0 Å². The first-order chi connectivity index (χ1) is 28.1. The van der Waals surface area contributed by atoms with Crippen LogP contribution in [0.1, 0.15) is 128 Å². The SMILES string of the molecule is CC(C)(O)C(=O)c1ccccc1.CCC(C)OC(OC(C)CC)C(=O)c1ccccc1.COC(OC)C(=O)c1ccccc1.O=C(c1ccccc1)C1(O)CCCCC1. The van der Waals surface area contributed by atoms with Crippen LogP contribution in [0.2, 0.25) is 0 Å². The summed E-state index contributed by atoms with van der Waals surface area (Å²) in [5, 5.41) is 19.6. The maximum Gasteiger partial charge on any atom is 0.223 e. The maximum atomic E-state index is 12.4. The van der Waals surface area contributed by atoms with E-state index in [9.17, 15) is 29.4 Å². The molecule has 10 nitrogen and oxygen atoms in total. The van der Waals surface area contributed by atoms with Crippen LogP contribution in [0, 0.1) is 0 Å². The van der Waals surface area contributed by atoms with Gasteiger partial charge in [0.1, 0.15) is 11.2 Å². The van der Waals surface area contributed by atoms with Gasteiger partial charge in [-0.2, -0.15) is 0 Å². The molecule has 320 valence electrons. The first-order valence-corrected chi connectivity index (χ1v) is 20.3. The second kappa shape index (κ2) is 26.4. The molecule has 1 fully saturated rings. The first-order valence-electron chi connectivity index (χ1n) is 20.3. The van der Waals surface area contributed by atoms with E-state index in [2.05, 4.69) is 0 Å². The Hall–Kier alpha value is -4.68. The minimum absolute atomic E-state index is 0.00159. The second-order valence-electron chi connectivity index (χ2n) is 14.8.